The molecule has 1 unspecified atom stereocenters. The topological polar surface area (TPSA) is 50.2 Å². The number of halogens is 1. The van der Waals surface area contributed by atoms with Gasteiger partial charge in [-0.2, -0.15) is 5.10 Å². The summed E-state index contributed by atoms with van der Waals surface area (Å²) in [5, 5.41) is 7.47. The molecule has 25 heavy (non-hydrogen) atoms. The Morgan fingerprint density at radius 1 is 1.12 bits per heavy atom. The monoisotopic (exact) mass is 342 g/mol. The van der Waals surface area contributed by atoms with Gasteiger partial charge in [-0.3, -0.25) is 9.48 Å². The average molecular weight is 342 g/mol. The van der Waals surface area contributed by atoms with Gasteiger partial charge in [-0.1, -0.05) is 12.1 Å². The average Bonchev–Trinajstić information content (AvgIpc) is 3.10. The molecule has 1 fully saturated rings. The Bertz CT molecular complexity index is 751. The van der Waals surface area contributed by atoms with Crippen LogP contribution >= 0.6 is 0 Å². The number of fused-ring (bicyclic) bond motifs is 1. The lowest BCUT2D eigenvalue weighted by atomic mass is 9.94. The number of hydrogen-bond donors (Lipinski definition) is 1. The highest BCUT2D eigenvalue weighted by molar-refractivity contribution is 5.79. The van der Waals surface area contributed by atoms with Crippen LogP contribution in [0.1, 0.15) is 25.0 Å². The van der Waals surface area contributed by atoms with Crippen LogP contribution < -0.4 is 10.2 Å². The lowest BCUT2D eigenvalue weighted by Crippen LogP contribution is -2.47. The van der Waals surface area contributed by atoms with Crippen molar-refractivity contribution < 1.29 is 9.18 Å². The van der Waals surface area contributed by atoms with E-state index in [-0.39, 0.29) is 23.7 Å². The van der Waals surface area contributed by atoms with Crippen molar-refractivity contribution in [1.29, 1.82) is 0 Å². The van der Waals surface area contributed by atoms with Crippen molar-refractivity contribution in [1.82, 2.24) is 15.1 Å². The van der Waals surface area contributed by atoms with Gasteiger partial charge in [0.05, 0.1) is 5.69 Å². The van der Waals surface area contributed by atoms with Crippen molar-refractivity contribution >= 4 is 11.6 Å². The first kappa shape index (κ1) is 16.1. The summed E-state index contributed by atoms with van der Waals surface area (Å²) >= 11 is 0. The minimum Gasteiger partial charge on any atom is -0.369 e. The van der Waals surface area contributed by atoms with Crippen molar-refractivity contribution in [2.45, 2.75) is 38.3 Å². The highest BCUT2D eigenvalue weighted by Crippen LogP contribution is 2.24. The summed E-state index contributed by atoms with van der Waals surface area (Å²) < 4.78 is 15.9. The molecular formula is C19H23FN4O. The second-order valence-corrected chi connectivity index (χ2v) is 6.96. The van der Waals surface area contributed by atoms with Gasteiger partial charge in [0.1, 0.15) is 5.82 Å². The van der Waals surface area contributed by atoms with Gasteiger partial charge in [0.15, 0.2) is 0 Å². The van der Waals surface area contributed by atoms with Crippen LogP contribution in [0.15, 0.2) is 36.5 Å². The van der Waals surface area contributed by atoms with Crippen LogP contribution in [0.3, 0.4) is 0 Å². The van der Waals surface area contributed by atoms with Crippen molar-refractivity contribution in [3.63, 3.8) is 0 Å². The molecule has 132 valence electrons. The van der Waals surface area contributed by atoms with E-state index in [1.54, 1.807) is 12.3 Å². The van der Waals surface area contributed by atoms with Crippen LogP contribution in [0.4, 0.5) is 10.1 Å². The summed E-state index contributed by atoms with van der Waals surface area (Å²) in [6.45, 7) is 2.35. The van der Waals surface area contributed by atoms with Crippen LogP contribution in [0, 0.1) is 11.7 Å². The zero-order chi connectivity index (χ0) is 17.2. The molecule has 1 aromatic carbocycles. The number of aryl methyl sites for hydroxylation is 1. The van der Waals surface area contributed by atoms with E-state index >= 15 is 0 Å². The molecule has 6 heteroatoms. The number of aromatic nitrogens is 2. The predicted molar refractivity (Wildman–Crippen MR) is 93.8 cm³/mol. The second kappa shape index (κ2) is 6.86. The van der Waals surface area contributed by atoms with Gasteiger partial charge in [-0.25, -0.2) is 4.39 Å². The minimum absolute atomic E-state index is 0.0359. The molecule has 3 heterocycles. The maximum Gasteiger partial charge on any atom is 0.223 e. The number of anilines is 1. The Kier molecular flexibility index (Phi) is 4.42. The lowest BCUT2D eigenvalue weighted by molar-refractivity contribution is -0.126. The highest BCUT2D eigenvalue weighted by atomic mass is 19.1. The molecule has 4 rings (SSSR count). The minimum atomic E-state index is -0.177. The predicted octanol–water partition coefficient (Wildman–Crippen LogP) is 2.37. The molecule has 0 bridgehead atoms. The maximum absolute atomic E-state index is 13.9. The molecular weight excluding hydrogens is 319 g/mol. The molecule has 1 amide bonds. The summed E-state index contributed by atoms with van der Waals surface area (Å²) in [4.78, 5) is 14.7. The molecule has 2 aromatic rings. The Morgan fingerprint density at radius 3 is 2.72 bits per heavy atom. The number of piperidine rings is 1. The number of carbonyl (C=O) groups is 1. The Morgan fingerprint density at radius 2 is 1.92 bits per heavy atom. The molecule has 0 spiro atoms. The Labute approximate surface area is 146 Å². The number of carbonyl (C=O) groups excluding carboxylic acids is 1. The zero-order valence-electron chi connectivity index (χ0n) is 14.2. The van der Waals surface area contributed by atoms with E-state index in [4.69, 9.17) is 0 Å². The molecule has 0 aliphatic carbocycles. The quantitative estimate of drug-likeness (QED) is 0.932. The van der Waals surface area contributed by atoms with Gasteiger partial charge in [0.25, 0.3) is 0 Å². The van der Waals surface area contributed by atoms with Gasteiger partial charge >= 0.3 is 0 Å². The fourth-order valence-corrected chi connectivity index (χ4v) is 3.88. The Hall–Kier alpha value is -2.37. The molecule has 0 radical (unpaired) electrons. The van der Waals surface area contributed by atoms with Gasteiger partial charge in [-0.15, -0.1) is 0 Å². The molecule has 2 aliphatic heterocycles. The molecule has 5 nitrogen and oxygen atoms in total. The molecule has 1 aromatic heterocycles. The van der Waals surface area contributed by atoms with Crippen LogP contribution in [-0.2, 0) is 17.8 Å². The summed E-state index contributed by atoms with van der Waals surface area (Å²) in [5.74, 6) is 0.00870. The zero-order valence-corrected chi connectivity index (χ0v) is 14.2. The van der Waals surface area contributed by atoms with Crippen LogP contribution in [0.25, 0.3) is 0 Å². The summed E-state index contributed by atoms with van der Waals surface area (Å²) in [6.07, 6.45) is 5.11. The molecule has 1 saturated heterocycles. The van der Waals surface area contributed by atoms with Crippen molar-refractivity contribution in [2.24, 2.45) is 5.92 Å². The normalized spacial score (nSPS) is 21.0. The third-order valence-electron chi connectivity index (χ3n) is 5.35. The fourth-order valence-electron chi connectivity index (χ4n) is 3.88. The van der Waals surface area contributed by atoms with E-state index in [1.165, 1.54) is 6.07 Å². The van der Waals surface area contributed by atoms with Crippen LogP contribution in [-0.4, -0.2) is 34.8 Å². The van der Waals surface area contributed by atoms with Crippen molar-refractivity contribution in [3.05, 3.63) is 48.0 Å². The number of benzene rings is 1. The lowest BCUT2D eigenvalue weighted by Gasteiger charge is -2.35. The number of hydrogen-bond acceptors (Lipinski definition) is 3. The van der Waals surface area contributed by atoms with Gasteiger partial charge in [0, 0.05) is 49.9 Å². The standard InChI is InChI=1S/C19H23FN4O/c20-17-3-1-2-4-18(17)23-10-7-15(8-11-23)22-19(25)14-6-12-24-16(13-14)5-9-21-24/h1-5,9,14-15H,6-8,10-13H2,(H,22,25). The van der Waals surface area contributed by atoms with E-state index in [9.17, 15) is 9.18 Å². The number of rotatable bonds is 3. The van der Waals surface area contributed by atoms with Crippen molar-refractivity contribution in [2.75, 3.05) is 18.0 Å². The molecule has 0 saturated carbocycles. The second-order valence-electron chi connectivity index (χ2n) is 6.96. The van der Waals surface area contributed by atoms with Gasteiger partial charge < -0.3 is 10.2 Å². The van der Waals surface area contributed by atoms with Crippen LogP contribution in [0.5, 0.6) is 0 Å². The number of nitrogens with zero attached hydrogens (tertiary/aromatic N) is 3. The Balaban J connectivity index is 1.30. The summed E-state index contributed by atoms with van der Waals surface area (Å²) in [6, 6.07) is 9.06. The first-order chi connectivity index (χ1) is 12.2. The maximum atomic E-state index is 13.9. The number of nitrogens with one attached hydrogen (secondary N) is 1. The molecule has 1 N–H and O–H groups in total. The first-order valence-electron chi connectivity index (χ1n) is 9.01. The summed E-state index contributed by atoms with van der Waals surface area (Å²) in [5.41, 5.74) is 1.80. The van der Waals surface area contributed by atoms with Crippen LogP contribution in [0.2, 0.25) is 0 Å². The van der Waals surface area contributed by atoms with Crippen molar-refractivity contribution in [3.8, 4) is 0 Å². The smallest absolute Gasteiger partial charge is 0.223 e. The molecule has 1 atom stereocenters. The van der Waals surface area contributed by atoms with E-state index in [0.717, 1.165) is 51.0 Å². The van der Waals surface area contributed by atoms with E-state index in [0.29, 0.717) is 5.69 Å². The summed E-state index contributed by atoms with van der Waals surface area (Å²) in [7, 11) is 0. The highest BCUT2D eigenvalue weighted by Gasteiger charge is 2.28. The van der Waals surface area contributed by atoms with E-state index in [1.807, 2.05) is 22.9 Å². The first-order valence-corrected chi connectivity index (χ1v) is 9.01. The largest absolute Gasteiger partial charge is 0.369 e. The number of amides is 1. The SMILES string of the molecule is O=C(NC1CCN(c2ccccc2F)CC1)C1CCn2nccc2C1. The van der Waals surface area contributed by atoms with E-state index < -0.39 is 0 Å². The fraction of sp³-hybridized carbons (Fsp3) is 0.474. The third kappa shape index (κ3) is 3.38. The number of para-hydroxylation sites is 1. The van der Waals surface area contributed by atoms with Gasteiger partial charge in [0.2, 0.25) is 5.91 Å². The molecule has 2 aliphatic rings. The van der Waals surface area contributed by atoms with E-state index in [2.05, 4.69) is 15.3 Å². The van der Waals surface area contributed by atoms with Gasteiger partial charge in [-0.05, 0) is 37.5 Å². The third-order valence-corrected chi connectivity index (χ3v) is 5.35.